The lowest BCUT2D eigenvalue weighted by Crippen LogP contribution is -2.38. The fourth-order valence-electron chi connectivity index (χ4n) is 3.43. The lowest BCUT2D eigenvalue weighted by atomic mass is 9.92. The number of hydrogen-bond donors (Lipinski definition) is 2. The van der Waals surface area contributed by atoms with E-state index in [4.69, 9.17) is 16.3 Å². The molecule has 0 saturated heterocycles. The zero-order valence-electron chi connectivity index (χ0n) is 16.0. The van der Waals surface area contributed by atoms with E-state index in [1.807, 2.05) is 49.4 Å². The highest BCUT2D eigenvalue weighted by molar-refractivity contribution is 7.99. The molecular weight excluding hydrogens is 396 g/mol. The lowest BCUT2D eigenvalue weighted by molar-refractivity contribution is -0.144. The van der Waals surface area contributed by atoms with Gasteiger partial charge in [-0.3, -0.25) is 9.59 Å². The summed E-state index contributed by atoms with van der Waals surface area (Å²) >= 11 is 7.65. The molecule has 5 nitrogen and oxygen atoms in total. The Balaban J connectivity index is 2.01. The second kappa shape index (κ2) is 8.45. The van der Waals surface area contributed by atoms with Crippen LogP contribution in [0.2, 0.25) is 5.02 Å². The van der Waals surface area contributed by atoms with E-state index in [0.29, 0.717) is 11.6 Å². The second-order valence-corrected chi connectivity index (χ2v) is 8.54. The summed E-state index contributed by atoms with van der Waals surface area (Å²) in [6, 6.07) is 13.3. The van der Waals surface area contributed by atoms with Crippen molar-refractivity contribution in [3.63, 3.8) is 0 Å². The van der Waals surface area contributed by atoms with E-state index < -0.39 is 5.54 Å². The number of fused-ring (bicyclic) bond motifs is 1. The third kappa shape index (κ3) is 4.45. The molecule has 2 atom stereocenters. The van der Waals surface area contributed by atoms with Gasteiger partial charge in [-0.1, -0.05) is 17.7 Å². The fraction of sp³-hybridized carbons (Fsp3) is 0.333. The number of benzene rings is 2. The highest BCUT2D eigenvalue weighted by Gasteiger charge is 2.46. The van der Waals surface area contributed by atoms with E-state index in [-0.39, 0.29) is 23.5 Å². The van der Waals surface area contributed by atoms with Crippen LogP contribution in [-0.2, 0) is 14.3 Å². The highest BCUT2D eigenvalue weighted by atomic mass is 35.5. The molecule has 1 aliphatic rings. The third-order valence-corrected chi connectivity index (χ3v) is 6.35. The van der Waals surface area contributed by atoms with Crippen molar-refractivity contribution >= 4 is 46.6 Å². The summed E-state index contributed by atoms with van der Waals surface area (Å²) in [5.41, 5.74) is 2.05. The number of carbonyl (C=O) groups is 2. The Bertz CT molecular complexity index is 888. The summed E-state index contributed by atoms with van der Waals surface area (Å²) in [4.78, 5) is 25.0. The lowest BCUT2D eigenvalue weighted by Gasteiger charge is -2.31. The Morgan fingerprint density at radius 2 is 1.96 bits per heavy atom. The van der Waals surface area contributed by atoms with Crippen LogP contribution in [0.3, 0.4) is 0 Å². The summed E-state index contributed by atoms with van der Waals surface area (Å²) in [7, 11) is 0. The molecule has 2 N–H and O–H groups in total. The maximum absolute atomic E-state index is 12.3. The predicted octanol–water partition coefficient (Wildman–Crippen LogP) is 5.27. The van der Waals surface area contributed by atoms with Gasteiger partial charge in [0.05, 0.1) is 23.8 Å². The van der Waals surface area contributed by atoms with E-state index in [9.17, 15) is 9.59 Å². The van der Waals surface area contributed by atoms with Crippen LogP contribution in [-0.4, -0.2) is 24.0 Å². The minimum Gasteiger partial charge on any atom is -0.466 e. The van der Waals surface area contributed by atoms with Crippen LogP contribution in [0.25, 0.3) is 0 Å². The van der Waals surface area contributed by atoms with Crippen molar-refractivity contribution < 1.29 is 14.3 Å². The molecule has 2 aromatic carbocycles. The topological polar surface area (TPSA) is 67.4 Å². The smallest absolute Gasteiger partial charge is 0.308 e. The second-order valence-electron chi connectivity index (χ2n) is 6.92. The van der Waals surface area contributed by atoms with Crippen molar-refractivity contribution in [3.8, 4) is 0 Å². The van der Waals surface area contributed by atoms with Gasteiger partial charge in [0, 0.05) is 33.8 Å². The predicted molar refractivity (Wildman–Crippen MR) is 114 cm³/mol. The van der Waals surface area contributed by atoms with Crippen LogP contribution in [0.1, 0.15) is 38.0 Å². The number of ether oxygens (including phenoxy) is 1. The van der Waals surface area contributed by atoms with Gasteiger partial charge in [-0.05, 0) is 50.2 Å². The number of nitrogens with one attached hydrogen (secondary N) is 2. The van der Waals surface area contributed by atoms with Crippen LogP contribution in [0.15, 0.2) is 47.4 Å². The summed E-state index contributed by atoms with van der Waals surface area (Å²) < 4.78 is 5.20. The van der Waals surface area contributed by atoms with E-state index in [0.717, 1.165) is 21.8 Å². The van der Waals surface area contributed by atoms with Crippen LogP contribution in [0, 0.1) is 0 Å². The van der Waals surface area contributed by atoms with Crippen molar-refractivity contribution in [2.75, 3.05) is 17.2 Å². The number of thioether (sulfide) groups is 1. The quantitative estimate of drug-likeness (QED) is 0.625. The zero-order valence-corrected chi connectivity index (χ0v) is 17.6. The molecule has 3 rings (SSSR count). The molecule has 1 heterocycles. The Morgan fingerprint density at radius 1 is 1.25 bits per heavy atom. The molecule has 28 heavy (non-hydrogen) atoms. The maximum Gasteiger partial charge on any atom is 0.308 e. The normalized spacial score (nSPS) is 20.2. The number of amides is 1. The molecule has 0 bridgehead atoms. The first-order valence-electron chi connectivity index (χ1n) is 9.09. The Morgan fingerprint density at radius 3 is 2.61 bits per heavy atom. The van der Waals surface area contributed by atoms with Crippen LogP contribution in [0.4, 0.5) is 11.4 Å². The fourth-order valence-corrected chi connectivity index (χ4v) is 4.90. The van der Waals surface area contributed by atoms with Crippen molar-refractivity contribution in [1.29, 1.82) is 0 Å². The summed E-state index contributed by atoms with van der Waals surface area (Å²) in [5, 5.41) is 6.97. The molecule has 0 fully saturated rings. The molecule has 1 amide bonds. The average Bonchev–Trinajstić information content (AvgIpc) is 2.89. The Labute approximate surface area is 174 Å². The zero-order chi connectivity index (χ0) is 20.3. The average molecular weight is 419 g/mol. The largest absolute Gasteiger partial charge is 0.466 e. The van der Waals surface area contributed by atoms with E-state index >= 15 is 0 Å². The van der Waals surface area contributed by atoms with Crippen LogP contribution in [0.5, 0.6) is 0 Å². The minimum atomic E-state index is -0.576. The first kappa shape index (κ1) is 20.6. The number of carbonyl (C=O) groups excluding carboxylic acids is 2. The molecule has 1 aliphatic heterocycles. The van der Waals surface area contributed by atoms with E-state index in [2.05, 4.69) is 10.6 Å². The number of esters is 1. The van der Waals surface area contributed by atoms with E-state index in [1.54, 1.807) is 18.7 Å². The number of rotatable bonds is 6. The number of halogens is 1. The first-order valence-corrected chi connectivity index (χ1v) is 10.3. The van der Waals surface area contributed by atoms with Gasteiger partial charge in [0.15, 0.2) is 0 Å². The van der Waals surface area contributed by atoms with Crippen molar-refractivity contribution in [1.82, 2.24) is 0 Å². The van der Waals surface area contributed by atoms with Gasteiger partial charge in [0.2, 0.25) is 5.91 Å². The third-order valence-electron chi connectivity index (χ3n) is 4.56. The molecule has 0 spiro atoms. The number of anilines is 2. The molecule has 0 radical (unpaired) electrons. The highest BCUT2D eigenvalue weighted by Crippen LogP contribution is 2.55. The summed E-state index contributed by atoms with van der Waals surface area (Å²) in [6.07, 6.45) is 0.209. The van der Waals surface area contributed by atoms with Gasteiger partial charge >= 0.3 is 5.97 Å². The van der Waals surface area contributed by atoms with Gasteiger partial charge in [0.1, 0.15) is 0 Å². The van der Waals surface area contributed by atoms with Gasteiger partial charge < -0.3 is 15.4 Å². The van der Waals surface area contributed by atoms with Crippen LogP contribution >= 0.6 is 23.4 Å². The van der Waals surface area contributed by atoms with Gasteiger partial charge in [-0.2, -0.15) is 0 Å². The van der Waals surface area contributed by atoms with Gasteiger partial charge in [-0.25, -0.2) is 0 Å². The van der Waals surface area contributed by atoms with Gasteiger partial charge in [-0.15, -0.1) is 11.8 Å². The maximum atomic E-state index is 12.3. The SMILES string of the molecule is CCOC(=O)CC1(C)Nc2cccc(NC(C)=O)c2C1Sc1ccc(Cl)cc1. The monoisotopic (exact) mass is 418 g/mol. The molecule has 0 aromatic heterocycles. The molecule has 7 heteroatoms. The summed E-state index contributed by atoms with van der Waals surface area (Å²) in [5.74, 6) is -0.393. The van der Waals surface area contributed by atoms with Crippen molar-refractivity contribution in [2.45, 2.75) is 42.9 Å². The van der Waals surface area contributed by atoms with Crippen LogP contribution < -0.4 is 10.6 Å². The first-order chi connectivity index (χ1) is 13.3. The number of hydrogen-bond acceptors (Lipinski definition) is 5. The molecule has 0 saturated carbocycles. The molecule has 2 unspecified atom stereocenters. The molecule has 0 aliphatic carbocycles. The molecule has 2 aromatic rings. The minimum absolute atomic E-state index is 0.115. The Hall–Kier alpha value is -2.18. The van der Waals surface area contributed by atoms with E-state index in [1.165, 1.54) is 6.92 Å². The molecule has 148 valence electrons. The molecular formula is C21H23ClN2O3S. The van der Waals surface area contributed by atoms with Crippen molar-refractivity contribution in [3.05, 3.63) is 53.1 Å². The standard InChI is InChI=1S/C21H23ClN2O3S/c1-4-27-18(26)12-21(3)20(28-15-10-8-14(22)9-11-15)19-16(23-13(2)25)6-5-7-17(19)24-21/h5-11,20,24H,4,12H2,1-3H3,(H,23,25). The summed E-state index contributed by atoms with van der Waals surface area (Å²) in [6.45, 7) is 5.63. The van der Waals surface area contributed by atoms with Gasteiger partial charge in [0.25, 0.3) is 0 Å². The Kier molecular flexibility index (Phi) is 6.20. The van der Waals surface area contributed by atoms with Crippen molar-refractivity contribution in [2.24, 2.45) is 0 Å².